The second kappa shape index (κ2) is 4.37. The highest BCUT2D eigenvalue weighted by molar-refractivity contribution is 5.84. The molecular weight excluding hydrogens is 170 g/mol. The molecule has 0 bridgehead atoms. The lowest BCUT2D eigenvalue weighted by Gasteiger charge is -1.94. The van der Waals surface area contributed by atoms with Gasteiger partial charge >= 0.3 is 5.97 Å². The molecule has 0 aromatic carbocycles. The fourth-order valence-corrected chi connectivity index (χ4v) is 0.785. The van der Waals surface area contributed by atoms with Gasteiger partial charge in [0.25, 0.3) is 0 Å². The second-order valence-corrected chi connectivity index (χ2v) is 2.42. The molecule has 1 aromatic heterocycles. The van der Waals surface area contributed by atoms with Crippen molar-refractivity contribution in [3.05, 3.63) is 35.7 Å². The summed E-state index contributed by atoms with van der Waals surface area (Å²) in [6.07, 6.45) is 3.91. The zero-order valence-electron chi connectivity index (χ0n) is 6.84. The number of nitrogens with zero attached hydrogens (tertiary/aromatic N) is 1. The van der Waals surface area contributed by atoms with Crippen LogP contribution in [0.1, 0.15) is 11.3 Å². The van der Waals surface area contributed by atoms with Crippen molar-refractivity contribution in [1.29, 1.82) is 0 Å². The van der Waals surface area contributed by atoms with Gasteiger partial charge in [0.15, 0.2) is 0 Å². The SMILES string of the molecule is O=C(O)/C=C/c1ccc(CO)cn1. The maximum absolute atomic E-state index is 10.1. The summed E-state index contributed by atoms with van der Waals surface area (Å²) < 4.78 is 0. The minimum atomic E-state index is -1.01. The van der Waals surface area contributed by atoms with Crippen molar-refractivity contribution in [2.75, 3.05) is 0 Å². The standard InChI is InChI=1S/C9H9NO3/c11-6-7-1-2-8(10-5-7)3-4-9(12)13/h1-5,11H,6H2,(H,12,13)/b4-3+. The van der Waals surface area contributed by atoms with E-state index in [2.05, 4.69) is 4.98 Å². The number of pyridine rings is 1. The molecule has 4 nitrogen and oxygen atoms in total. The predicted molar refractivity (Wildman–Crippen MR) is 46.8 cm³/mol. The molecule has 0 aliphatic heterocycles. The Kier molecular flexibility index (Phi) is 3.16. The first-order valence-corrected chi connectivity index (χ1v) is 3.69. The van der Waals surface area contributed by atoms with Crippen LogP contribution >= 0.6 is 0 Å². The first-order valence-electron chi connectivity index (χ1n) is 3.69. The third-order valence-electron chi connectivity index (χ3n) is 1.43. The Morgan fingerprint density at radius 2 is 2.31 bits per heavy atom. The third kappa shape index (κ3) is 3.04. The number of rotatable bonds is 3. The average molecular weight is 179 g/mol. The number of carbonyl (C=O) groups is 1. The minimum Gasteiger partial charge on any atom is -0.478 e. The minimum absolute atomic E-state index is 0.0596. The van der Waals surface area contributed by atoms with Crippen LogP contribution in [0.5, 0.6) is 0 Å². The summed E-state index contributed by atoms with van der Waals surface area (Å²) in [5.74, 6) is -1.01. The van der Waals surface area contributed by atoms with Crippen LogP contribution in [0.4, 0.5) is 0 Å². The topological polar surface area (TPSA) is 70.4 Å². The molecule has 0 fully saturated rings. The van der Waals surface area contributed by atoms with Gasteiger partial charge in [0.05, 0.1) is 12.3 Å². The molecule has 13 heavy (non-hydrogen) atoms. The van der Waals surface area contributed by atoms with Crippen molar-refractivity contribution in [3.63, 3.8) is 0 Å². The van der Waals surface area contributed by atoms with Crippen LogP contribution in [-0.2, 0) is 11.4 Å². The van der Waals surface area contributed by atoms with Crippen LogP contribution < -0.4 is 0 Å². The monoisotopic (exact) mass is 179 g/mol. The van der Waals surface area contributed by atoms with Crippen molar-refractivity contribution in [2.45, 2.75) is 6.61 Å². The highest BCUT2D eigenvalue weighted by Crippen LogP contribution is 2.01. The van der Waals surface area contributed by atoms with Crippen LogP contribution in [-0.4, -0.2) is 21.2 Å². The summed E-state index contributed by atoms with van der Waals surface area (Å²) in [4.78, 5) is 14.1. The number of aliphatic carboxylic acids is 1. The maximum atomic E-state index is 10.1. The second-order valence-electron chi connectivity index (χ2n) is 2.42. The Bertz CT molecular complexity index is 316. The Morgan fingerprint density at radius 3 is 2.77 bits per heavy atom. The summed E-state index contributed by atoms with van der Waals surface area (Å²) >= 11 is 0. The number of aliphatic hydroxyl groups is 1. The summed E-state index contributed by atoms with van der Waals surface area (Å²) in [5.41, 5.74) is 1.26. The van der Waals surface area contributed by atoms with Gasteiger partial charge in [-0.2, -0.15) is 0 Å². The smallest absolute Gasteiger partial charge is 0.328 e. The largest absolute Gasteiger partial charge is 0.478 e. The zero-order chi connectivity index (χ0) is 9.68. The van der Waals surface area contributed by atoms with Gasteiger partial charge in [-0.15, -0.1) is 0 Å². The number of hydrogen-bond acceptors (Lipinski definition) is 3. The maximum Gasteiger partial charge on any atom is 0.328 e. The van der Waals surface area contributed by atoms with E-state index in [1.165, 1.54) is 12.3 Å². The molecule has 0 saturated carbocycles. The van der Waals surface area contributed by atoms with Gasteiger partial charge < -0.3 is 10.2 Å². The lowest BCUT2D eigenvalue weighted by atomic mass is 10.2. The zero-order valence-corrected chi connectivity index (χ0v) is 6.84. The van der Waals surface area contributed by atoms with Gasteiger partial charge in [-0.1, -0.05) is 6.07 Å². The molecule has 1 heterocycles. The van der Waals surface area contributed by atoms with Crippen molar-refractivity contribution >= 4 is 12.0 Å². The van der Waals surface area contributed by atoms with Crippen molar-refractivity contribution in [1.82, 2.24) is 4.98 Å². The van der Waals surface area contributed by atoms with E-state index in [4.69, 9.17) is 10.2 Å². The van der Waals surface area contributed by atoms with E-state index in [1.807, 2.05) is 0 Å². The summed E-state index contributed by atoms with van der Waals surface area (Å²) in [6, 6.07) is 3.33. The van der Waals surface area contributed by atoms with E-state index in [-0.39, 0.29) is 6.61 Å². The normalized spacial score (nSPS) is 10.5. The highest BCUT2D eigenvalue weighted by Gasteiger charge is 1.92. The van der Waals surface area contributed by atoms with Gasteiger partial charge in [-0.05, 0) is 17.7 Å². The molecule has 68 valence electrons. The quantitative estimate of drug-likeness (QED) is 0.669. The van der Waals surface area contributed by atoms with E-state index >= 15 is 0 Å². The number of aromatic nitrogens is 1. The van der Waals surface area contributed by atoms with Crippen LogP contribution in [0, 0.1) is 0 Å². The molecule has 1 rings (SSSR count). The third-order valence-corrected chi connectivity index (χ3v) is 1.43. The Balaban J connectivity index is 2.75. The molecule has 0 spiro atoms. The molecule has 0 radical (unpaired) electrons. The highest BCUT2D eigenvalue weighted by atomic mass is 16.4. The van der Waals surface area contributed by atoms with Crippen LogP contribution in [0.2, 0.25) is 0 Å². The molecule has 0 saturated heterocycles. The Labute approximate surface area is 75.2 Å². The van der Waals surface area contributed by atoms with Crippen LogP contribution in [0.3, 0.4) is 0 Å². The van der Waals surface area contributed by atoms with E-state index in [1.54, 1.807) is 12.1 Å². The fourth-order valence-electron chi connectivity index (χ4n) is 0.785. The van der Waals surface area contributed by atoms with Crippen molar-refractivity contribution < 1.29 is 15.0 Å². The first-order chi connectivity index (χ1) is 6.22. The predicted octanol–water partition coefficient (Wildman–Crippen LogP) is 0.672. The molecule has 0 aliphatic carbocycles. The molecule has 4 heteroatoms. The fraction of sp³-hybridized carbons (Fsp3) is 0.111. The first kappa shape index (κ1) is 9.41. The molecule has 0 aliphatic rings. The van der Waals surface area contributed by atoms with Crippen LogP contribution in [0.25, 0.3) is 6.08 Å². The Hall–Kier alpha value is -1.68. The van der Waals surface area contributed by atoms with E-state index in [0.717, 1.165) is 6.08 Å². The molecule has 2 N–H and O–H groups in total. The molecule has 0 amide bonds. The lowest BCUT2D eigenvalue weighted by Crippen LogP contribution is -1.89. The Morgan fingerprint density at radius 1 is 1.54 bits per heavy atom. The van der Waals surface area contributed by atoms with Crippen molar-refractivity contribution in [3.8, 4) is 0 Å². The summed E-state index contributed by atoms with van der Waals surface area (Å²) in [7, 11) is 0. The number of hydrogen-bond donors (Lipinski definition) is 2. The van der Waals surface area contributed by atoms with Gasteiger partial charge in [0.2, 0.25) is 0 Å². The molecule has 1 aromatic rings. The molecule has 0 atom stereocenters. The van der Waals surface area contributed by atoms with Gasteiger partial charge in [-0.3, -0.25) is 4.98 Å². The average Bonchev–Trinajstić information content (AvgIpc) is 2.15. The summed E-state index contributed by atoms with van der Waals surface area (Å²) in [5, 5.41) is 17.0. The van der Waals surface area contributed by atoms with E-state index in [0.29, 0.717) is 11.3 Å². The van der Waals surface area contributed by atoms with Crippen LogP contribution in [0.15, 0.2) is 24.4 Å². The van der Waals surface area contributed by atoms with E-state index in [9.17, 15) is 4.79 Å². The lowest BCUT2D eigenvalue weighted by molar-refractivity contribution is -0.131. The number of carboxylic acids is 1. The van der Waals surface area contributed by atoms with Gasteiger partial charge in [0, 0.05) is 12.3 Å². The summed E-state index contributed by atoms with van der Waals surface area (Å²) in [6.45, 7) is -0.0596. The molecule has 0 unspecified atom stereocenters. The molecular formula is C9H9NO3. The van der Waals surface area contributed by atoms with Crippen molar-refractivity contribution in [2.24, 2.45) is 0 Å². The van der Waals surface area contributed by atoms with Gasteiger partial charge in [-0.25, -0.2) is 4.79 Å². The number of aliphatic hydroxyl groups excluding tert-OH is 1. The van der Waals surface area contributed by atoms with E-state index < -0.39 is 5.97 Å². The number of carboxylic acid groups (broad SMARTS) is 1. The van der Waals surface area contributed by atoms with Gasteiger partial charge in [0.1, 0.15) is 0 Å².